The van der Waals surface area contributed by atoms with Gasteiger partial charge in [0.25, 0.3) is 0 Å². The number of carbonyl (C=O) groups excluding carboxylic acids is 2. The Labute approximate surface area is 226 Å². The lowest BCUT2D eigenvalue weighted by Gasteiger charge is -2.34. The van der Waals surface area contributed by atoms with Crippen molar-refractivity contribution in [1.29, 1.82) is 0 Å². The normalized spacial score (nSPS) is 16.3. The van der Waals surface area contributed by atoms with Crippen molar-refractivity contribution < 1.29 is 18.0 Å². The van der Waals surface area contributed by atoms with Gasteiger partial charge in [-0.1, -0.05) is 36.4 Å². The zero-order valence-electron chi connectivity index (χ0n) is 21.2. The van der Waals surface area contributed by atoms with E-state index in [-0.39, 0.29) is 22.5 Å². The molecule has 1 aliphatic carbocycles. The minimum absolute atomic E-state index is 0.133. The molecule has 2 aliphatic rings. The standard InChI is InChI=1S/C29H27N5O4S/c35-28(25-9-12-27(31-19-25)33-14-13-30-20-33)23-3-1-21(2-4-23)22-7-10-26(11-8-22)39(37,38)34-17-15-32(16-18-34)29(36)24-5-6-24/h1-4,7-14,19-20,24H,5-6,15-18H2. The van der Waals surface area contributed by atoms with E-state index in [1.165, 1.54) is 4.31 Å². The van der Waals surface area contributed by atoms with E-state index in [2.05, 4.69) is 9.97 Å². The zero-order valence-corrected chi connectivity index (χ0v) is 22.0. The number of carbonyl (C=O) groups is 2. The number of aromatic nitrogens is 3. The van der Waals surface area contributed by atoms with Gasteiger partial charge in [0.05, 0.1) is 4.90 Å². The Bertz CT molecular complexity index is 1590. The first-order valence-corrected chi connectivity index (χ1v) is 14.3. The van der Waals surface area contributed by atoms with Gasteiger partial charge in [-0.3, -0.25) is 14.2 Å². The van der Waals surface area contributed by atoms with E-state index in [9.17, 15) is 18.0 Å². The van der Waals surface area contributed by atoms with Crippen LogP contribution in [0.4, 0.5) is 0 Å². The SMILES string of the molecule is O=C(c1ccc(-c2ccc(S(=O)(=O)N3CCN(C(=O)C4CC4)CC3)cc2)cc1)c1ccc(-n2ccnc2)nc1. The lowest BCUT2D eigenvalue weighted by Crippen LogP contribution is -2.50. The summed E-state index contributed by atoms with van der Waals surface area (Å²) in [6, 6.07) is 17.5. The molecule has 6 rings (SSSR count). The third kappa shape index (κ3) is 5.13. The molecule has 3 heterocycles. The van der Waals surface area contributed by atoms with Gasteiger partial charge in [0, 0.05) is 61.8 Å². The molecule has 1 saturated carbocycles. The summed E-state index contributed by atoms with van der Waals surface area (Å²) in [5.74, 6) is 0.844. The second-order valence-electron chi connectivity index (χ2n) is 9.81. The van der Waals surface area contributed by atoms with Crippen molar-refractivity contribution in [3.63, 3.8) is 0 Å². The summed E-state index contributed by atoms with van der Waals surface area (Å²) < 4.78 is 29.6. The lowest BCUT2D eigenvalue weighted by atomic mass is 10.0. The zero-order chi connectivity index (χ0) is 27.0. The van der Waals surface area contributed by atoms with Gasteiger partial charge in [-0.2, -0.15) is 4.31 Å². The first kappa shape index (κ1) is 25.1. The molecule has 0 N–H and O–H groups in total. The number of pyridine rings is 1. The Morgan fingerprint density at radius 3 is 2.00 bits per heavy atom. The van der Waals surface area contributed by atoms with Gasteiger partial charge in [-0.05, 0) is 48.2 Å². The molecule has 1 amide bonds. The molecule has 0 atom stereocenters. The van der Waals surface area contributed by atoms with E-state index in [0.29, 0.717) is 43.1 Å². The maximum atomic E-state index is 13.2. The number of ketones is 1. The fraction of sp³-hybridized carbons (Fsp3) is 0.241. The van der Waals surface area contributed by atoms with Gasteiger partial charge >= 0.3 is 0 Å². The fourth-order valence-electron chi connectivity index (χ4n) is 4.75. The molecule has 10 heteroatoms. The Morgan fingerprint density at radius 2 is 1.44 bits per heavy atom. The number of nitrogens with zero attached hydrogens (tertiary/aromatic N) is 5. The molecule has 9 nitrogen and oxygen atoms in total. The number of amides is 1. The summed E-state index contributed by atoms with van der Waals surface area (Å²) in [6.45, 7) is 1.48. The summed E-state index contributed by atoms with van der Waals surface area (Å²) in [4.78, 5) is 35.6. The van der Waals surface area contributed by atoms with Crippen molar-refractivity contribution in [2.75, 3.05) is 26.2 Å². The molecule has 0 unspecified atom stereocenters. The minimum atomic E-state index is -3.64. The first-order valence-electron chi connectivity index (χ1n) is 12.9. The molecule has 0 spiro atoms. The van der Waals surface area contributed by atoms with Crippen LogP contribution in [-0.4, -0.2) is 70.0 Å². The predicted molar refractivity (Wildman–Crippen MR) is 145 cm³/mol. The van der Waals surface area contributed by atoms with Gasteiger partial charge in [0.1, 0.15) is 12.1 Å². The molecule has 0 radical (unpaired) electrons. The van der Waals surface area contributed by atoms with E-state index in [4.69, 9.17) is 0 Å². The summed E-state index contributed by atoms with van der Waals surface area (Å²) in [5, 5.41) is 0. The molecule has 1 saturated heterocycles. The molecule has 39 heavy (non-hydrogen) atoms. The number of piperazine rings is 1. The second-order valence-corrected chi connectivity index (χ2v) is 11.7. The second kappa shape index (κ2) is 10.2. The first-order chi connectivity index (χ1) is 18.9. The van der Waals surface area contributed by atoms with Crippen molar-refractivity contribution in [2.24, 2.45) is 5.92 Å². The Kier molecular flexibility index (Phi) is 6.58. The molecule has 2 aromatic carbocycles. The highest BCUT2D eigenvalue weighted by atomic mass is 32.2. The van der Waals surface area contributed by atoms with Crippen molar-refractivity contribution in [1.82, 2.24) is 23.7 Å². The average Bonchev–Trinajstić information content (AvgIpc) is 3.70. The van der Waals surface area contributed by atoms with E-state index in [0.717, 1.165) is 24.0 Å². The topological polar surface area (TPSA) is 105 Å². The van der Waals surface area contributed by atoms with Crippen LogP contribution in [0.1, 0.15) is 28.8 Å². The molecule has 0 bridgehead atoms. The van der Waals surface area contributed by atoms with Crippen LogP contribution in [0.15, 0.2) is 90.5 Å². The third-order valence-corrected chi connectivity index (χ3v) is 9.14. The van der Waals surface area contributed by atoms with Crippen molar-refractivity contribution in [2.45, 2.75) is 17.7 Å². The van der Waals surface area contributed by atoms with Crippen LogP contribution in [0, 0.1) is 5.92 Å². The quantitative estimate of drug-likeness (QED) is 0.332. The summed E-state index contributed by atoms with van der Waals surface area (Å²) in [7, 11) is -3.64. The number of sulfonamides is 1. The number of hydrogen-bond donors (Lipinski definition) is 0. The lowest BCUT2D eigenvalue weighted by molar-refractivity contribution is -0.133. The maximum absolute atomic E-state index is 13.2. The van der Waals surface area contributed by atoms with Gasteiger partial charge in [0.15, 0.2) is 5.78 Å². The number of rotatable bonds is 7. The van der Waals surface area contributed by atoms with Gasteiger partial charge in [0.2, 0.25) is 15.9 Å². The minimum Gasteiger partial charge on any atom is -0.340 e. The van der Waals surface area contributed by atoms with Gasteiger partial charge in [-0.15, -0.1) is 0 Å². The highest BCUT2D eigenvalue weighted by molar-refractivity contribution is 7.89. The largest absolute Gasteiger partial charge is 0.340 e. The van der Waals surface area contributed by atoms with Gasteiger partial charge < -0.3 is 4.90 Å². The van der Waals surface area contributed by atoms with Crippen LogP contribution < -0.4 is 0 Å². The molecule has 4 aromatic rings. The predicted octanol–water partition coefficient (Wildman–Crippen LogP) is 3.41. The molecule has 198 valence electrons. The van der Waals surface area contributed by atoms with E-state index in [1.54, 1.807) is 82.9 Å². The Balaban J connectivity index is 1.11. The summed E-state index contributed by atoms with van der Waals surface area (Å²) in [5.41, 5.74) is 2.74. The maximum Gasteiger partial charge on any atom is 0.243 e. The van der Waals surface area contributed by atoms with Crippen molar-refractivity contribution >= 4 is 21.7 Å². The highest BCUT2D eigenvalue weighted by Gasteiger charge is 2.36. The van der Waals surface area contributed by atoms with E-state index >= 15 is 0 Å². The van der Waals surface area contributed by atoms with Crippen molar-refractivity contribution in [3.8, 4) is 16.9 Å². The molecular weight excluding hydrogens is 514 g/mol. The van der Waals surface area contributed by atoms with Crippen LogP contribution in [0.3, 0.4) is 0 Å². The molecule has 2 aromatic heterocycles. The summed E-state index contributed by atoms with van der Waals surface area (Å²) in [6.07, 6.45) is 8.53. The number of benzene rings is 2. The van der Waals surface area contributed by atoms with Crippen LogP contribution >= 0.6 is 0 Å². The van der Waals surface area contributed by atoms with Crippen LogP contribution in [0.5, 0.6) is 0 Å². The van der Waals surface area contributed by atoms with Gasteiger partial charge in [-0.25, -0.2) is 18.4 Å². The Hall–Kier alpha value is -4.15. The molecule has 2 fully saturated rings. The monoisotopic (exact) mass is 541 g/mol. The Morgan fingerprint density at radius 1 is 0.795 bits per heavy atom. The van der Waals surface area contributed by atoms with E-state index < -0.39 is 10.0 Å². The highest BCUT2D eigenvalue weighted by Crippen LogP contribution is 2.32. The van der Waals surface area contributed by atoms with Crippen LogP contribution in [-0.2, 0) is 14.8 Å². The molecular formula is C29H27N5O4S. The third-order valence-electron chi connectivity index (χ3n) is 7.23. The van der Waals surface area contributed by atoms with E-state index in [1.807, 2.05) is 12.1 Å². The fourth-order valence-corrected chi connectivity index (χ4v) is 6.18. The van der Waals surface area contributed by atoms with Crippen LogP contribution in [0.2, 0.25) is 0 Å². The average molecular weight is 542 g/mol. The van der Waals surface area contributed by atoms with Crippen LogP contribution in [0.25, 0.3) is 16.9 Å². The number of hydrogen-bond acceptors (Lipinski definition) is 6. The smallest absolute Gasteiger partial charge is 0.243 e. The summed E-state index contributed by atoms with van der Waals surface area (Å²) >= 11 is 0. The van der Waals surface area contributed by atoms with Crippen molar-refractivity contribution in [3.05, 3.63) is 96.7 Å². The molecule has 1 aliphatic heterocycles. The number of imidazole rings is 1.